The van der Waals surface area contributed by atoms with Gasteiger partial charge in [-0.15, -0.1) is 23.1 Å². The van der Waals surface area contributed by atoms with Gasteiger partial charge in [0.2, 0.25) is 0 Å². The minimum absolute atomic E-state index is 0.647. The molecule has 2 heterocycles. The first-order chi connectivity index (χ1) is 9.08. The van der Waals surface area contributed by atoms with Gasteiger partial charge >= 0.3 is 0 Å². The van der Waals surface area contributed by atoms with Crippen LogP contribution in [0.2, 0.25) is 0 Å². The van der Waals surface area contributed by atoms with Crippen LogP contribution in [-0.4, -0.2) is 44.4 Å². The summed E-state index contributed by atoms with van der Waals surface area (Å²) in [5.41, 5.74) is 6.70. The number of anilines is 2. The lowest BCUT2D eigenvalue weighted by molar-refractivity contribution is 0.250. The van der Waals surface area contributed by atoms with Gasteiger partial charge in [-0.3, -0.25) is 0 Å². The molecular weight excluding hydrogens is 276 g/mol. The van der Waals surface area contributed by atoms with Gasteiger partial charge in [-0.05, 0) is 33.2 Å². The molecule has 1 aromatic rings. The number of nitriles is 1. The maximum absolute atomic E-state index is 9.11. The fraction of sp³-hybridized carbons (Fsp3) is 0.615. The van der Waals surface area contributed by atoms with Gasteiger partial charge in [0.25, 0.3) is 0 Å². The van der Waals surface area contributed by atoms with E-state index in [0.29, 0.717) is 16.6 Å². The SMILES string of the molecule is CSc1c(N2CCC(N(C)C)CC2)sc(C#N)c1N. The van der Waals surface area contributed by atoms with Crippen LogP contribution in [0.1, 0.15) is 17.7 Å². The summed E-state index contributed by atoms with van der Waals surface area (Å²) in [7, 11) is 4.29. The summed E-state index contributed by atoms with van der Waals surface area (Å²) in [6, 6.07) is 2.87. The van der Waals surface area contributed by atoms with Crippen molar-refractivity contribution >= 4 is 33.8 Å². The maximum Gasteiger partial charge on any atom is 0.131 e. The number of thioether (sulfide) groups is 1. The molecule has 1 aliphatic heterocycles. The third-order valence-electron chi connectivity index (χ3n) is 3.67. The van der Waals surface area contributed by atoms with Crippen molar-refractivity contribution in [3.8, 4) is 6.07 Å². The van der Waals surface area contributed by atoms with Crippen molar-refractivity contribution in [2.45, 2.75) is 23.8 Å². The Labute approximate surface area is 123 Å². The molecule has 4 nitrogen and oxygen atoms in total. The first kappa shape index (κ1) is 14.5. The Hall–Kier alpha value is -0.900. The predicted molar refractivity (Wildman–Crippen MR) is 84.1 cm³/mol. The van der Waals surface area contributed by atoms with Crippen LogP contribution in [0.3, 0.4) is 0 Å². The van der Waals surface area contributed by atoms with Gasteiger partial charge in [0, 0.05) is 19.1 Å². The highest BCUT2D eigenvalue weighted by Crippen LogP contribution is 2.44. The summed E-state index contributed by atoms with van der Waals surface area (Å²) in [6.45, 7) is 2.09. The van der Waals surface area contributed by atoms with Gasteiger partial charge < -0.3 is 15.5 Å². The van der Waals surface area contributed by atoms with Crippen LogP contribution in [0.15, 0.2) is 4.90 Å². The number of piperidine rings is 1. The number of thiophene rings is 1. The predicted octanol–water partition coefficient (Wildman–Crippen LogP) is 2.45. The molecule has 0 saturated carbocycles. The maximum atomic E-state index is 9.11. The molecule has 1 saturated heterocycles. The second-order valence-corrected chi connectivity index (χ2v) is 6.79. The zero-order valence-electron chi connectivity index (χ0n) is 11.6. The highest BCUT2D eigenvalue weighted by molar-refractivity contribution is 7.99. The summed E-state index contributed by atoms with van der Waals surface area (Å²) in [5.74, 6) is 0. The molecule has 2 N–H and O–H groups in total. The largest absolute Gasteiger partial charge is 0.396 e. The molecule has 0 bridgehead atoms. The zero-order valence-corrected chi connectivity index (χ0v) is 13.3. The van der Waals surface area contributed by atoms with Gasteiger partial charge in [0.05, 0.1) is 10.6 Å². The fourth-order valence-corrected chi connectivity index (χ4v) is 4.52. The molecule has 1 fully saturated rings. The molecule has 0 spiro atoms. The van der Waals surface area contributed by atoms with E-state index in [2.05, 4.69) is 30.0 Å². The third kappa shape index (κ3) is 2.83. The number of hydrogen-bond acceptors (Lipinski definition) is 6. The molecule has 0 unspecified atom stereocenters. The van der Waals surface area contributed by atoms with E-state index in [9.17, 15) is 0 Å². The fourth-order valence-electron chi connectivity index (χ4n) is 2.49. The Morgan fingerprint density at radius 2 is 2.05 bits per heavy atom. The molecule has 0 radical (unpaired) electrons. The Balaban J connectivity index is 2.18. The first-order valence-electron chi connectivity index (χ1n) is 6.36. The van der Waals surface area contributed by atoms with E-state index in [-0.39, 0.29) is 0 Å². The van der Waals surface area contributed by atoms with Crippen molar-refractivity contribution in [3.63, 3.8) is 0 Å². The number of hydrogen-bond donors (Lipinski definition) is 1. The van der Waals surface area contributed by atoms with Gasteiger partial charge in [0.15, 0.2) is 0 Å². The van der Waals surface area contributed by atoms with Crippen LogP contribution in [0.4, 0.5) is 10.7 Å². The minimum Gasteiger partial charge on any atom is -0.396 e. The molecule has 0 atom stereocenters. The minimum atomic E-state index is 0.647. The normalized spacial score (nSPS) is 16.9. The summed E-state index contributed by atoms with van der Waals surface area (Å²) < 4.78 is 0. The van der Waals surface area contributed by atoms with E-state index in [1.807, 2.05) is 6.26 Å². The summed E-state index contributed by atoms with van der Waals surface area (Å²) in [4.78, 5) is 6.41. The number of nitrogens with zero attached hydrogens (tertiary/aromatic N) is 3. The molecular formula is C13H20N4S2. The molecule has 0 aromatic carbocycles. The third-order valence-corrected chi connectivity index (χ3v) is 5.79. The first-order valence-corrected chi connectivity index (χ1v) is 8.40. The van der Waals surface area contributed by atoms with Gasteiger partial charge in [-0.1, -0.05) is 0 Å². The van der Waals surface area contributed by atoms with Crippen LogP contribution in [0.25, 0.3) is 0 Å². The Morgan fingerprint density at radius 3 is 2.53 bits per heavy atom. The molecule has 2 rings (SSSR count). The number of nitrogens with two attached hydrogens (primary N) is 1. The van der Waals surface area contributed by atoms with Crippen molar-refractivity contribution < 1.29 is 0 Å². The lowest BCUT2D eigenvalue weighted by Crippen LogP contribution is -2.41. The highest BCUT2D eigenvalue weighted by atomic mass is 32.2. The average molecular weight is 296 g/mol. The summed E-state index contributed by atoms with van der Waals surface area (Å²) in [5, 5.41) is 10.3. The molecule has 1 aromatic heterocycles. The second kappa shape index (κ2) is 6.04. The van der Waals surface area contributed by atoms with Crippen LogP contribution < -0.4 is 10.6 Å². The molecule has 104 valence electrons. The van der Waals surface area contributed by atoms with E-state index >= 15 is 0 Å². The van der Waals surface area contributed by atoms with Crippen LogP contribution in [0.5, 0.6) is 0 Å². The lowest BCUT2D eigenvalue weighted by Gasteiger charge is -2.36. The van der Waals surface area contributed by atoms with Crippen molar-refractivity contribution in [3.05, 3.63) is 4.88 Å². The van der Waals surface area contributed by atoms with E-state index in [0.717, 1.165) is 18.0 Å². The Bertz CT molecular complexity index is 482. The van der Waals surface area contributed by atoms with Crippen molar-refractivity contribution in [1.82, 2.24) is 4.90 Å². The summed E-state index contributed by atoms with van der Waals surface area (Å²) >= 11 is 3.17. The summed E-state index contributed by atoms with van der Waals surface area (Å²) in [6.07, 6.45) is 4.36. The van der Waals surface area contributed by atoms with Crippen LogP contribution in [0, 0.1) is 11.3 Å². The topological polar surface area (TPSA) is 56.3 Å². The number of rotatable bonds is 3. The molecule has 0 amide bonds. The molecule has 6 heteroatoms. The zero-order chi connectivity index (χ0) is 14.0. The standard InChI is InChI=1S/C13H20N4S2/c1-16(2)9-4-6-17(7-5-9)13-12(18-3)11(15)10(8-14)19-13/h9H,4-7,15H2,1-3H3. The van der Waals surface area contributed by atoms with Crippen molar-refractivity contribution in [2.24, 2.45) is 0 Å². The Morgan fingerprint density at radius 1 is 1.42 bits per heavy atom. The monoisotopic (exact) mass is 296 g/mol. The van der Waals surface area contributed by atoms with Crippen LogP contribution >= 0.6 is 23.1 Å². The lowest BCUT2D eigenvalue weighted by atomic mass is 10.0. The van der Waals surface area contributed by atoms with E-state index in [1.54, 1.807) is 11.8 Å². The van der Waals surface area contributed by atoms with Gasteiger partial charge in [-0.25, -0.2) is 0 Å². The van der Waals surface area contributed by atoms with E-state index in [1.165, 1.54) is 29.2 Å². The molecule has 19 heavy (non-hydrogen) atoms. The van der Waals surface area contributed by atoms with E-state index < -0.39 is 0 Å². The second-order valence-electron chi connectivity index (χ2n) is 4.98. The Kier molecular flexibility index (Phi) is 4.61. The van der Waals surface area contributed by atoms with Gasteiger partial charge in [-0.2, -0.15) is 5.26 Å². The van der Waals surface area contributed by atoms with Gasteiger partial charge in [0.1, 0.15) is 15.9 Å². The quantitative estimate of drug-likeness (QED) is 0.868. The van der Waals surface area contributed by atoms with E-state index in [4.69, 9.17) is 11.0 Å². The van der Waals surface area contributed by atoms with Crippen molar-refractivity contribution in [1.29, 1.82) is 5.26 Å². The molecule has 1 aliphatic rings. The van der Waals surface area contributed by atoms with Crippen molar-refractivity contribution in [2.75, 3.05) is 44.1 Å². The number of nitrogen functional groups attached to an aromatic ring is 1. The molecule has 0 aliphatic carbocycles. The average Bonchev–Trinajstić information content (AvgIpc) is 2.75. The smallest absolute Gasteiger partial charge is 0.131 e. The highest BCUT2D eigenvalue weighted by Gasteiger charge is 2.25. The van der Waals surface area contributed by atoms with Crippen LogP contribution in [-0.2, 0) is 0 Å².